The van der Waals surface area contributed by atoms with E-state index in [0.717, 1.165) is 36.4 Å². The van der Waals surface area contributed by atoms with Gasteiger partial charge in [-0.15, -0.1) is 0 Å². The number of nitrogens with zero attached hydrogens (tertiary/aromatic N) is 2. The molecule has 2 heterocycles. The van der Waals surface area contributed by atoms with Gasteiger partial charge in [0.05, 0.1) is 11.7 Å². The number of rotatable bonds is 5. The van der Waals surface area contributed by atoms with Crippen LogP contribution in [-0.2, 0) is 6.42 Å². The Bertz CT molecular complexity index is 745. The number of nitrogens with one attached hydrogen (secondary N) is 2. The normalized spacial score (nSPS) is 11.0. The van der Waals surface area contributed by atoms with Crippen LogP contribution in [0, 0.1) is 13.8 Å². The summed E-state index contributed by atoms with van der Waals surface area (Å²) < 4.78 is 0. The third-order valence-corrected chi connectivity index (χ3v) is 3.76. The number of hydrogen-bond acceptors (Lipinski definition) is 3. The van der Waals surface area contributed by atoms with Crippen molar-refractivity contribution in [3.63, 3.8) is 0 Å². The summed E-state index contributed by atoms with van der Waals surface area (Å²) in [7, 11) is 0. The molecule has 21 heavy (non-hydrogen) atoms. The molecule has 0 aliphatic heterocycles. The summed E-state index contributed by atoms with van der Waals surface area (Å²) in [5, 5.41) is 11.7. The lowest BCUT2D eigenvalue weighted by molar-refractivity contribution is 0.853. The maximum Gasteiger partial charge on any atom is 0.129 e. The molecule has 0 spiro atoms. The van der Waals surface area contributed by atoms with Crippen molar-refractivity contribution < 1.29 is 0 Å². The fourth-order valence-electron chi connectivity index (χ4n) is 2.51. The van der Waals surface area contributed by atoms with Crippen LogP contribution < -0.4 is 5.32 Å². The van der Waals surface area contributed by atoms with Crippen molar-refractivity contribution >= 4 is 16.7 Å². The Labute approximate surface area is 124 Å². The summed E-state index contributed by atoms with van der Waals surface area (Å²) in [5.74, 6) is 0.984. The molecule has 0 atom stereocenters. The molecule has 0 aliphatic carbocycles. The second kappa shape index (κ2) is 5.95. The topological polar surface area (TPSA) is 53.6 Å². The first-order chi connectivity index (χ1) is 10.2. The molecule has 2 aromatic heterocycles. The summed E-state index contributed by atoms with van der Waals surface area (Å²) in [4.78, 5) is 4.70. The van der Waals surface area contributed by atoms with Crippen LogP contribution in [0.5, 0.6) is 0 Å². The first-order valence-electron chi connectivity index (χ1n) is 7.33. The van der Waals surface area contributed by atoms with E-state index in [9.17, 15) is 0 Å². The number of anilines is 1. The highest BCUT2D eigenvalue weighted by atomic mass is 15.1. The average molecular weight is 280 g/mol. The van der Waals surface area contributed by atoms with Crippen molar-refractivity contribution in [3.05, 3.63) is 53.3 Å². The van der Waals surface area contributed by atoms with Gasteiger partial charge in [0.15, 0.2) is 0 Å². The molecule has 0 bridgehead atoms. The third-order valence-electron chi connectivity index (χ3n) is 3.76. The number of H-pyrrole nitrogens is 1. The molecule has 0 fully saturated rings. The molecular formula is C17H20N4. The lowest BCUT2D eigenvalue weighted by atomic mass is 10.1. The Morgan fingerprint density at radius 2 is 2.05 bits per heavy atom. The van der Waals surface area contributed by atoms with E-state index < -0.39 is 0 Å². The molecule has 0 saturated carbocycles. The SMILES string of the molecule is Cc1cc2ccccc2nc1NCCCc1cn[nH]c1C. The number of hydrogen-bond donors (Lipinski definition) is 2. The minimum absolute atomic E-state index is 0.913. The van der Waals surface area contributed by atoms with Crippen LogP contribution in [0.2, 0.25) is 0 Å². The van der Waals surface area contributed by atoms with Gasteiger partial charge in [-0.05, 0) is 49.9 Å². The molecule has 4 nitrogen and oxygen atoms in total. The van der Waals surface area contributed by atoms with Gasteiger partial charge >= 0.3 is 0 Å². The van der Waals surface area contributed by atoms with E-state index in [2.05, 4.69) is 47.6 Å². The molecule has 0 unspecified atom stereocenters. The lowest BCUT2D eigenvalue weighted by Crippen LogP contribution is -2.06. The first-order valence-corrected chi connectivity index (χ1v) is 7.33. The van der Waals surface area contributed by atoms with Crippen molar-refractivity contribution in [3.8, 4) is 0 Å². The van der Waals surface area contributed by atoms with Gasteiger partial charge in [-0.3, -0.25) is 5.10 Å². The summed E-state index contributed by atoms with van der Waals surface area (Å²) in [6.45, 7) is 5.07. The van der Waals surface area contributed by atoms with Gasteiger partial charge in [-0.25, -0.2) is 4.98 Å². The summed E-state index contributed by atoms with van der Waals surface area (Å²) in [6.07, 6.45) is 4.01. The molecule has 108 valence electrons. The van der Waals surface area contributed by atoms with Gasteiger partial charge in [0.2, 0.25) is 0 Å². The smallest absolute Gasteiger partial charge is 0.129 e. The second-order valence-electron chi connectivity index (χ2n) is 5.40. The Morgan fingerprint density at radius 3 is 2.86 bits per heavy atom. The predicted octanol–water partition coefficient (Wildman–Crippen LogP) is 3.62. The minimum Gasteiger partial charge on any atom is -0.370 e. The van der Waals surface area contributed by atoms with E-state index in [0.29, 0.717) is 0 Å². The number of aromatic amines is 1. The van der Waals surface area contributed by atoms with Gasteiger partial charge in [-0.2, -0.15) is 5.10 Å². The quantitative estimate of drug-likeness (QED) is 0.702. The Kier molecular flexibility index (Phi) is 3.86. The number of fused-ring (bicyclic) bond motifs is 1. The molecule has 2 N–H and O–H groups in total. The van der Waals surface area contributed by atoms with E-state index in [-0.39, 0.29) is 0 Å². The first kappa shape index (κ1) is 13.6. The van der Waals surface area contributed by atoms with Crippen molar-refractivity contribution in [1.82, 2.24) is 15.2 Å². The van der Waals surface area contributed by atoms with Crippen LogP contribution >= 0.6 is 0 Å². The van der Waals surface area contributed by atoms with Gasteiger partial charge in [-0.1, -0.05) is 18.2 Å². The maximum absolute atomic E-state index is 4.70. The molecule has 0 saturated heterocycles. The Balaban J connectivity index is 1.62. The molecular weight excluding hydrogens is 260 g/mol. The highest BCUT2D eigenvalue weighted by Crippen LogP contribution is 2.19. The highest BCUT2D eigenvalue weighted by Gasteiger charge is 2.03. The van der Waals surface area contributed by atoms with Crippen LogP contribution in [-0.4, -0.2) is 21.7 Å². The van der Waals surface area contributed by atoms with Gasteiger partial charge in [0.1, 0.15) is 5.82 Å². The van der Waals surface area contributed by atoms with E-state index in [1.165, 1.54) is 16.5 Å². The van der Waals surface area contributed by atoms with Gasteiger partial charge < -0.3 is 5.32 Å². The van der Waals surface area contributed by atoms with Crippen LogP contribution in [0.3, 0.4) is 0 Å². The number of aromatic nitrogens is 3. The summed E-state index contributed by atoms with van der Waals surface area (Å²) in [5.41, 5.74) is 4.68. The molecule has 1 aromatic carbocycles. The summed E-state index contributed by atoms with van der Waals surface area (Å²) >= 11 is 0. The Morgan fingerprint density at radius 1 is 1.19 bits per heavy atom. The van der Waals surface area contributed by atoms with Crippen molar-refractivity contribution in [2.45, 2.75) is 26.7 Å². The molecule has 0 amide bonds. The molecule has 3 aromatic rings. The molecule has 3 rings (SSSR count). The van der Waals surface area contributed by atoms with Gasteiger partial charge in [0, 0.05) is 17.6 Å². The third kappa shape index (κ3) is 3.05. The van der Waals surface area contributed by atoms with E-state index in [4.69, 9.17) is 4.98 Å². The van der Waals surface area contributed by atoms with Crippen molar-refractivity contribution in [2.24, 2.45) is 0 Å². The standard InChI is InChI=1S/C17H20N4/c1-12-10-14-6-3-4-8-16(14)20-17(12)18-9-5-7-15-11-19-21-13(15)2/h3-4,6,8,10-11H,5,7,9H2,1-2H3,(H,18,20)(H,19,21). The van der Waals surface area contributed by atoms with Crippen LogP contribution in [0.4, 0.5) is 5.82 Å². The molecule has 4 heteroatoms. The second-order valence-corrected chi connectivity index (χ2v) is 5.40. The predicted molar refractivity (Wildman–Crippen MR) is 86.6 cm³/mol. The summed E-state index contributed by atoms with van der Waals surface area (Å²) in [6, 6.07) is 10.4. The highest BCUT2D eigenvalue weighted by molar-refractivity contribution is 5.81. The molecule has 0 aliphatic rings. The number of para-hydroxylation sites is 1. The number of benzene rings is 1. The Hall–Kier alpha value is -2.36. The number of aryl methyl sites for hydroxylation is 3. The minimum atomic E-state index is 0.913. The van der Waals surface area contributed by atoms with Crippen molar-refractivity contribution in [2.75, 3.05) is 11.9 Å². The fraction of sp³-hybridized carbons (Fsp3) is 0.294. The van der Waals surface area contributed by atoms with Crippen LogP contribution in [0.25, 0.3) is 10.9 Å². The van der Waals surface area contributed by atoms with Gasteiger partial charge in [0.25, 0.3) is 0 Å². The van der Waals surface area contributed by atoms with Crippen LogP contribution in [0.15, 0.2) is 36.5 Å². The zero-order valence-corrected chi connectivity index (χ0v) is 12.5. The average Bonchev–Trinajstić information content (AvgIpc) is 2.89. The largest absolute Gasteiger partial charge is 0.370 e. The number of pyridine rings is 1. The van der Waals surface area contributed by atoms with Crippen LogP contribution in [0.1, 0.15) is 23.2 Å². The van der Waals surface area contributed by atoms with Crippen molar-refractivity contribution in [1.29, 1.82) is 0 Å². The monoisotopic (exact) mass is 280 g/mol. The zero-order chi connectivity index (χ0) is 14.7. The lowest BCUT2D eigenvalue weighted by Gasteiger charge is -2.10. The van der Waals surface area contributed by atoms with E-state index >= 15 is 0 Å². The molecule has 0 radical (unpaired) electrons. The maximum atomic E-state index is 4.70. The van der Waals surface area contributed by atoms with E-state index in [1.807, 2.05) is 18.3 Å². The zero-order valence-electron chi connectivity index (χ0n) is 12.5. The fourth-order valence-corrected chi connectivity index (χ4v) is 2.51. The van der Waals surface area contributed by atoms with E-state index in [1.54, 1.807) is 0 Å².